The molecule has 0 aliphatic carbocycles. The summed E-state index contributed by atoms with van der Waals surface area (Å²) in [6.45, 7) is 0.519. The van der Waals surface area contributed by atoms with E-state index in [4.69, 9.17) is 22.1 Å². The van der Waals surface area contributed by atoms with E-state index in [-0.39, 0.29) is 10.5 Å². The highest BCUT2D eigenvalue weighted by atomic mass is 35.5. The highest BCUT2D eigenvalue weighted by Gasteiger charge is 2.35. The first-order valence-electron chi connectivity index (χ1n) is 10.0. The Hall–Kier alpha value is -2.70. The number of nitrogens with one attached hydrogen (secondary N) is 1. The Balaban J connectivity index is 2.03. The number of halogens is 4. The molecule has 1 aromatic heterocycles. The largest absolute Gasteiger partial charge is 0.496 e. The molecule has 7 heteroatoms. The number of aryl methyl sites for hydroxylation is 1. The lowest BCUT2D eigenvalue weighted by Crippen LogP contribution is -2.05. The van der Waals surface area contributed by atoms with E-state index in [1.165, 1.54) is 0 Å². The van der Waals surface area contributed by atoms with Crippen LogP contribution in [0.2, 0.25) is 5.02 Å². The summed E-state index contributed by atoms with van der Waals surface area (Å²) in [5.41, 5.74) is 7.01. The Morgan fingerprint density at radius 3 is 2.39 bits per heavy atom. The highest BCUT2D eigenvalue weighted by Crippen LogP contribution is 2.43. The van der Waals surface area contributed by atoms with Crippen molar-refractivity contribution in [2.45, 2.75) is 25.4 Å². The standard InChI is InChI=1S/C24H22ClF3N2O/c1-31-21-11-15-7-3-2-6-14(15)10-19(21)22-17(8-4-5-9-29)18-12-16(25)13-20(23(18)30-22)24(26,27)28/h2-3,6-7,10-13,30H,4-5,8-9,29H2,1H3. The number of aromatic nitrogens is 1. The second-order valence-corrected chi connectivity index (χ2v) is 7.93. The van der Waals surface area contributed by atoms with Gasteiger partial charge in [-0.15, -0.1) is 0 Å². The molecule has 0 spiro atoms. The molecule has 3 aromatic carbocycles. The van der Waals surface area contributed by atoms with Gasteiger partial charge < -0.3 is 15.5 Å². The molecule has 3 nitrogen and oxygen atoms in total. The topological polar surface area (TPSA) is 51.0 Å². The number of rotatable bonds is 6. The van der Waals surface area contributed by atoms with Crippen molar-refractivity contribution >= 4 is 33.3 Å². The van der Waals surface area contributed by atoms with E-state index < -0.39 is 11.7 Å². The molecule has 1 heterocycles. The van der Waals surface area contributed by atoms with Gasteiger partial charge in [0.15, 0.2) is 0 Å². The van der Waals surface area contributed by atoms with E-state index in [1.807, 2.05) is 36.4 Å². The van der Waals surface area contributed by atoms with Gasteiger partial charge in [-0.1, -0.05) is 35.9 Å². The predicted molar refractivity (Wildman–Crippen MR) is 120 cm³/mol. The molecule has 0 unspecified atom stereocenters. The van der Waals surface area contributed by atoms with Gasteiger partial charge in [-0.2, -0.15) is 13.2 Å². The lowest BCUT2D eigenvalue weighted by atomic mass is 9.97. The molecule has 31 heavy (non-hydrogen) atoms. The van der Waals surface area contributed by atoms with Crippen molar-refractivity contribution < 1.29 is 17.9 Å². The van der Waals surface area contributed by atoms with Crippen LogP contribution in [0, 0.1) is 0 Å². The van der Waals surface area contributed by atoms with Crippen molar-refractivity contribution in [1.29, 1.82) is 0 Å². The Labute approximate surface area is 183 Å². The van der Waals surface area contributed by atoms with Crippen LogP contribution in [-0.2, 0) is 12.6 Å². The zero-order valence-electron chi connectivity index (χ0n) is 16.9. The summed E-state index contributed by atoms with van der Waals surface area (Å²) in [5, 5.41) is 2.49. The number of alkyl halides is 3. The number of unbranched alkanes of at least 4 members (excludes halogenated alkanes) is 1. The number of aromatic amines is 1. The van der Waals surface area contributed by atoms with E-state index >= 15 is 0 Å². The Kier molecular flexibility index (Phi) is 5.86. The fraction of sp³-hybridized carbons (Fsp3) is 0.250. The van der Waals surface area contributed by atoms with Crippen LogP contribution in [0.1, 0.15) is 24.0 Å². The molecule has 0 saturated heterocycles. The van der Waals surface area contributed by atoms with Crippen LogP contribution < -0.4 is 10.5 Å². The number of nitrogens with two attached hydrogens (primary N) is 1. The van der Waals surface area contributed by atoms with Gasteiger partial charge in [0.05, 0.1) is 23.9 Å². The first kappa shape index (κ1) is 21.5. The molecule has 3 N–H and O–H groups in total. The van der Waals surface area contributed by atoms with Crippen molar-refractivity contribution in [2.24, 2.45) is 5.73 Å². The zero-order chi connectivity index (χ0) is 22.2. The molecular weight excluding hydrogens is 425 g/mol. The van der Waals surface area contributed by atoms with Gasteiger partial charge in [-0.25, -0.2) is 0 Å². The van der Waals surface area contributed by atoms with E-state index in [0.29, 0.717) is 35.4 Å². The molecule has 0 atom stereocenters. The van der Waals surface area contributed by atoms with Crippen LogP contribution >= 0.6 is 11.6 Å². The maximum absolute atomic E-state index is 13.8. The van der Waals surface area contributed by atoms with Crippen molar-refractivity contribution in [1.82, 2.24) is 4.98 Å². The molecule has 0 saturated carbocycles. The summed E-state index contributed by atoms with van der Waals surface area (Å²) >= 11 is 6.10. The first-order chi connectivity index (χ1) is 14.8. The van der Waals surface area contributed by atoms with Gasteiger partial charge in [-0.3, -0.25) is 0 Å². The average Bonchev–Trinajstić information content (AvgIpc) is 3.09. The molecule has 0 radical (unpaired) electrons. The van der Waals surface area contributed by atoms with Crippen LogP contribution in [0.15, 0.2) is 48.5 Å². The monoisotopic (exact) mass is 446 g/mol. The quantitative estimate of drug-likeness (QED) is 0.315. The van der Waals surface area contributed by atoms with E-state index in [9.17, 15) is 13.2 Å². The van der Waals surface area contributed by atoms with Crippen LogP contribution in [0.3, 0.4) is 0 Å². The van der Waals surface area contributed by atoms with Crippen molar-refractivity contribution in [2.75, 3.05) is 13.7 Å². The van der Waals surface area contributed by atoms with E-state index in [0.717, 1.165) is 35.2 Å². The Morgan fingerprint density at radius 1 is 1.03 bits per heavy atom. The number of H-pyrrole nitrogens is 1. The number of hydrogen-bond acceptors (Lipinski definition) is 2. The van der Waals surface area contributed by atoms with Gasteiger partial charge in [0, 0.05) is 16.0 Å². The average molecular weight is 447 g/mol. The molecule has 0 fully saturated rings. The molecule has 4 aromatic rings. The van der Waals surface area contributed by atoms with Gasteiger partial charge in [0.2, 0.25) is 0 Å². The SMILES string of the molecule is COc1cc2ccccc2cc1-c1[nH]c2c(C(F)(F)F)cc(Cl)cc2c1CCCCN. The van der Waals surface area contributed by atoms with E-state index in [1.54, 1.807) is 13.2 Å². The molecule has 0 aliphatic rings. The molecule has 4 rings (SSSR count). The normalized spacial score (nSPS) is 12.1. The van der Waals surface area contributed by atoms with Crippen LogP contribution in [-0.4, -0.2) is 18.6 Å². The zero-order valence-corrected chi connectivity index (χ0v) is 17.7. The smallest absolute Gasteiger partial charge is 0.418 e. The highest BCUT2D eigenvalue weighted by molar-refractivity contribution is 6.31. The second kappa shape index (κ2) is 8.44. The summed E-state index contributed by atoms with van der Waals surface area (Å²) in [6.07, 6.45) is -2.44. The third-order valence-electron chi connectivity index (χ3n) is 5.50. The van der Waals surface area contributed by atoms with Crippen molar-refractivity contribution in [3.63, 3.8) is 0 Å². The van der Waals surface area contributed by atoms with Gasteiger partial charge in [-0.05, 0) is 66.4 Å². The minimum atomic E-state index is -4.53. The lowest BCUT2D eigenvalue weighted by Gasteiger charge is -2.12. The molecule has 0 bridgehead atoms. The molecule has 0 amide bonds. The third kappa shape index (κ3) is 4.10. The first-order valence-corrected chi connectivity index (χ1v) is 10.4. The summed E-state index contributed by atoms with van der Waals surface area (Å²) in [4.78, 5) is 3.06. The fourth-order valence-electron chi connectivity index (χ4n) is 4.06. The number of methoxy groups -OCH3 is 1. The summed E-state index contributed by atoms with van der Waals surface area (Å²) in [6, 6.07) is 14.2. The molecular formula is C24H22ClF3N2O. The van der Waals surface area contributed by atoms with E-state index in [2.05, 4.69) is 4.98 Å². The van der Waals surface area contributed by atoms with Crippen molar-refractivity contribution in [3.8, 4) is 17.0 Å². The number of hydrogen-bond donors (Lipinski definition) is 2. The lowest BCUT2D eigenvalue weighted by molar-refractivity contribution is -0.136. The minimum absolute atomic E-state index is 0.0323. The predicted octanol–water partition coefficient (Wildman–Crippen LogP) is 6.95. The number of benzene rings is 3. The maximum atomic E-state index is 13.8. The Morgan fingerprint density at radius 2 is 1.74 bits per heavy atom. The Bertz CT molecular complexity index is 1250. The molecule has 0 aliphatic heterocycles. The minimum Gasteiger partial charge on any atom is -0.496 e. The fourth-order valence-corrected chi connectivity index (χ4v) is 4.28. The van der Waals surface area contributed by atoms with Crippen molar-refractivity contribution in [3.05, 3.63) is 64.7 Å². The third-order valence-corrected chi connectivity index (χ3v) is 5.72. The van der Waals surface area contributed by atoms with Crippen LogP contribution in [0.5, 0.6) is 5.75 Å². The maximum Gasteiger partial charge on any atom is 0.418 e. The van der Waals surface area contributed by atoms with Crippen LogP contribution in [0.4, 0.5) is 13.2 Å². The van der Waals surface area contributed by atoms with Gasteiger partial charge in [0.1, 0.15) is 5.75 Å². The number of ether oxygens (including phenoxy) is 1. The van der Waals surface area contributed by atoms with Crippen LogP contribution in [0.25, 0.3) is 32.9 Å². The number of fused-ring (bicyclic) bond motifs is 2. The van der Waals surface area contributed by atoms with Gasteiger partial charge >= 0.3 is 6.18 Å². The van der Waals surface area contributed by atoms with Gasteiger partial charge in [0.25, 0.3) is 0 Å². The molecule has 162 valence electrons. The summed E-state index contributed by atoms with van der Waals surface area (Å²) < 4.78 is 47.0. The summed E-state index contributed by atoms with van der Waals surface area (Å²) in [7, 11) is 1.56. The summed E-state index contributed by atoms with van der Waals surface area (Å²) in [5.74, 6) is 0.588. The second-order valence-electron chi connectivity index (χ2n) is 7.50.